The van der Waals surface area contributed by atoms with Crippen LogP contribution in [0.25, 0.3) is 16.9 Å². The second-order valence-corrected chi connectivity index (χ2v) is 5.10. The maximum atomic E-state index is 11.5. The number of pyridine rings is 1. The molecule has 0 aliphatic heterocycles. The lowest BCUT2D eigenvalue weighted by atomic mass is 10.1. The van der Waals surface area contributed by atoms with Gasteiger partial charge in [-0.3, -0.25) is 9.20 Å². The molecule has 0 aliphatic carbocycles. The number of carbonyl (C=O) groups excluding carboxylic acids is 1. The Balaban J connectivity index is 2.34. The molecule has 0 unspecified atom stereocenters. The van der Waals surface area contributed by atoms with Crippen LogP contribution in [0.2, 0.25) is 0 Å². The number of aldehydes is 1. The van der Waals surface area contributed by atoms with Gasteiger partial charge in [0.05, 0.1) is 7.11 Å². The fraction of sp³-hybridized carbons (Fsp3) is 0.176. The van der Waals surface area contributed by atoms with E-state index < -0.39 is 0 Å². The van der Waals surface area contributed by atoms with Gasteiger partial charge in [0.1, 0.15) is 22.8 Å². The van der Waals surface area contributed by atoms with Gasteiger partial charge in [-0.05, 0) is 43.7 Å². The number of ether oxygens (including phenoxy) is 1. The van der Waals surface area contributed by atoms with Crippen LogP contribution in [0.15, 0.2) is 36.5 Å². The zero-order chi connectivity index (χ0) is 15.0. The van der Waals surface area contributed by atoms with E-state index in [0.717, 1.165) is 28.6 Å². The molecule has 0 atom stereocenters. The number of benzene rings is 1. The molecule has 0 saturated heterocycles. The molecule has 0 radical (unpaired) electrons. The Morgan fingerprint density at radius 1 is 1.14 bits per heavy atom. The van der Waals surface area contributed by atoms with E-state index in [2.05, 4.69) is 4.98 Å². The second-order valence-electron chi connectivity index (χ2n) is 5.10. The summed E-state index contributed by atoms with van der Waals surface area (Å²) in [7, 11) is 1.62. The van der Waals surface area contributed by atoms with Gasteiger partial charge in [-0.1, -0.05) is 11.6 Å². The summed E-state index contributed by atoms with van der Waals surface area (Å²) in [6.45, 7) is 4.01. The lowest BCUT2D eigenvalue weighted by molar-refractivity contribution is 0.111. The topological polar surface area (TPSA) is 43.6 Å². The number of carbonyl (C=O) groups is 1. The van der Waals surface area contributed by atoms with E-state index in [4.69, 9.17) is 4.74 Å². The first-order valence-corrected chi connectivity index (χ1v) is 6.73. The lowest BCUT2D eigenvalue weighted by Gasteiger charge is -2.07. The highest BCUT2D eigenvalue weighted by Gasteiger charge is 2.17. The molecule has 0 fully saturated rings. The Bertz CT molecular complexity index is 834. The zero-order valence-electron chi connectivity index (χ0n) is 12.3. The average Bonchev–Trinajstić information content (AvgIpc) is 2.84. The highest BCUT2D eigenvalue weighted by molar-refractivity contribution is 5.88. The first-order valence-electron chi connectivity index (χ1n) is 6.73. The van der Waals surface area contributed by atoms with E-state index in [1.807, 2.05) is 50.4 Å². The highest BCUT2D eigenvalue weighted by atomic mass is 16.5. The minimum atomic E-state index is 0.536. The molecular weight excluding hydrogens is 264 g/mol. The van der Waals surface area contributed by atoms with Crippen LogP contribution in [0.4, 0.5) is 0 Å². The molecule has 0 saturated carbocycles. The molecule has 106 valence electrons. The molecule has 3 aromatic rings. The number of hydrogen-bond acceptors (Lipinski definition) is 3. The first kappa shape index (κ1) is 13.4. The average molecular weight is 280 g/mol. The van der Waals surface area contributed by atoms with Crippen molar-refractivity contribution in [1.29, 1.82) is 0 Å². The van der Waals surface area contributed by atoms with E-state index in [1.54, 1.807) is 11.5 Å². The summed E-state index contributed by atoms with van der Waals surface area (Å²) in [5.41, 5.74) is 4.98. The van der Waals surface area contributed by atoms with Crippen LogP contribution in [-0.4, -0.2) is 22.8 Å². The molecule has 0 N–H and O–H groups in total. The summed E-state index contributed by atoms with van der Waals surface area (Å²) in [6, 6.07) is 9.77. The minimum Gasteiger partial charge on any atom is -0.496 e. The molecule has 4 heteroatoms. The Hall–Kier alpha value is -2.62. The summed E-state index contributed by atoms with van der Waals surface area (Å²) in [6.07, 6.45) is 2.71. The number of imidazole rings is 1. The number of fused-ring (bicyclic) bond motifs is 1. The van der Waals surface area contributed by atoms with Gasteiger partial charge in [-0.15, -0.1) is 0 Å². The van der Waals surface area contributed by atoms with Crippen LogP contribution in [0.3, 0.4) is 0 Å². The van der Waals surface area contributed by atoms with Gasteiger partial charge in [-0.2, -0.15) is 0 Å². The van der Waals surface area contributed by atoms with E-state index in [-0.39, 0.29) is 0 Å². The SMILES string of the molecule is COc1ccc(C)cc1-c1nc2cc(C)ccn2c1C=O. The summed E-state index contributed by atoms with van der Waals surface area (Å²) in [5.74, 6) is 0.712. The predicted octanol–water partition coefficient (Wildman–Crippen LogP) is 3.44. The van der Waals surface area contributed by atoms with Crippen LogP contribution < -0.4 is 4.74 Å². The van der Waals surface area contributed by atoms with Crippen molar-refractivity contribution in [3.63, 3.8) is 0 Å². The molecule has 3 rings (SSSR count). The fourth-order valence-electron chi connectivity index (χ4n) is 2.48. The quantitative estimate of drug-likeness (QED) is 0.690. The van der Waals surface area contributed by atoms with E-state index in [0.29, 0.717) is 17.1 Å². The van der Waals surface area contributed by atoms with Gasteiger partial charge in [0.25, 0.3) is 0 Å². The molecule has 0 amide bonds. The summed E-state index contributed by atoms with van der Waals surface area (Å²) >= 11 is 0. The Kier molecular flexibility index (Phi) is 3.22. The van der Waals surface area contributed by atoms with Crippen molar-refractivity contribution in [3.8, 4) is 17.0 Å². The standard InChI is InChI=1S/C17H16N2O2/c1-11-4-5-15(21-3)13(8-11)17-14(10-20)19-7-6-12(2)9-16(19)18-17/h4-10H,1-3H3. The van der Waals surface area contributed by atoms with Gasteiger partial charge in [0.15, 0.2) is 6.29 Å². The highest BCUT2D eigenvalue weighted by Crippen LogP contribution is 2.32. The Morgan fingerprint density at radius 2 is 1.90 bits per heavy atom. The smallest absolute Gasteiger partial charge is 0.169 e. The van der Waals surface area contributed by atoms with Gasteiger partial charge >= 0.3 is 0 Å². The zero-order valence-corrected chi connectivity index (χ0v) is 12.3. The first-order chi connectivity index (χ1) is 10.1. The minimum absolute atomic E-state index is 0.536. The van der Waals surface area contributed by atoms with Crippen molar-refractivity contribution in [2.75, 3.05) is 7.11 Å². The van der Waals surface area contributed by atoms with Gasteiger partial charge in [0.2, 0.25) is 0 Å². The van der Waals surface area contributed by atoms with Gasteiger partial charge in [0, 0.05) is 11.8 Å². The molecule has 4 nitrogen and oxygen atoms in total. The monoisotopic (exact) mass is 280 g/mol. The van der Waals surface area contributed by atoms with Gasteiger partial charge < -0.3 is 4.74 Å². The van der Waals surface area contributed by atoms with Crippen molar-refractivity contribution in [2.24, 2.45) is 0 Å². The molecule has 1 aromatic carbocycles. The number of nitrogens with zero attached hydrogens (tertiary/aromatic N) is 2. The van der Waals surface area contributed by atoms with Gasteiger partial charge in [-0.25, -0.2) is 4.98 Å². The van der Waals surface area contributed by atoms with E-state index >= 15 is 0 Å². The predicted molar refractivity (Wildman–Crippen MR) is 82.0 cm³/mol. The van der Waals surface area contributed by atoms with Crippen molar-refractivity contribution in [1.82, 2.24) is 9.38 Å². The third-order valence-electron chi connectivity index (χ3n) is 3.54. The molecule has 2 heterocycles. The summed E-state index contributed by atoms with van der Waals surface area (Å²) in [4.78, 5) is 16.2. The fourth-order valence-corrected chi connectivity index (χ4v) is 2.48. The number of aryl methyl sites for hydroxylation is 2. The lowest BCUT2D eigenvalue weighted by Crippen LogP contribution is -1.94. The van der Waals surface area contributed by atoms with Crippen molar-refractivity contribution in [3.05, 3.63) is 53.3 Å². The third kappa shape index (κ3) is 2.18. The molecule has 21 heavy (non-hydrogen) atoms. The van der Waals surface area contributed by atoms with Crippen LogP contribution >= 0.6 is 0 Å². The normalized spacial score (nSPS) is 10.8. The van der Waals surface area contributed by atoms with Crippen LogP contribution in [0, 0.1) is 13.8 Å². The number of hydrogen-bond donors (Lipinski definition) is 0. The van der Waals surface area contributed by atoms with E-state index in [9.17, 15) is 4.79 Å². The third-order valence-corrected chi connectivity index (χ3v) is 3.54. The maximum absolute atomic E-state index is 11.5. The van der Waals surface area contributed by atoms with Crippen LogP contribution in [-0.2, 0) is 0 Å². The summed E-state index contributed by atoms with van der Waals surface area (Å²) < 4.78 is 7.21. The van der Waals surface area contributed by atoms with Crippen LogP contribution in [0.5, 0.6) is 5.75 Å². The number of rotatable bonds is 3. The molecule has 0 spiro atoms. The molecule has 0 aliphatic rings. The van der Waals surface area contributed by atoms with Crippen molar-refractivity contribution < 1.29 is 9.53 Å². The maximum Gasteiger partial charge on any atom is 0.169 e. The number of methoxy groups -OCH3 is 1. The largest absolute Gasteiger partial charge is 0.496 e. The van der Waals surface area contributed by atoms with E-state index in [1.165, 1.54) is 0 Å². The summed E-state index contributed by atoms with van der Waals surface area (Å²) in [5, 5.41) is 0. The molecule has 2 aromatic heterocycles. The van der Waals surface area contributed by atoms with Crippen LogP contribution in [0.1, 0.15) is 21.6 Å². The second kappa shape index (κ2) is 5.05. The number of aromatic nitrogens is 2. The Labute approximate surface area is 123 Å². The van der Waals surface area contributed by atoms with Crippen molar-refractivity contribution in [2.45, 2.75) is 13.8 Å². The Morgan fingerprint density at radius 3 is 2.62 bits per heavy atom. The van der Waals surface area contributed by atoms with Crippen molar-refractivity contribution >= 4 is 11.9 Å². The molecule has 0 bridgehead atoms. The molecular formula is C17H16N2O2.